The lowest BCUT2D eigenvalue weighted by Gasteiger charge is -2.23. The molecule has 0 aliphatic rings. The maximum atomic E-state index is 12.7. The molecule has 0 saturated heterocycles. The van der Waals surface area contributed by atoms with E-state index in [9.17, 15) is 15.0 Å². The lowest BCUT2D eigenvalue weighted by Crippen LogP contribution is -2.21. The number of carbonyl (C=O) groups excluding carboxylic acids is 1. The number of esters is 1. The molecule has 3 atom stereocenters. The molecule has 19 heteroatoms. The molecule has 19 nitrogen and oxygen atoms in total. The van der Waals surface area contributed by atoms with Crippen molar-refractivity contribution in [2.75, 3.05) is 55.9 Å². The SMILES string of the molecule is C.C.C.C.C.C.C.C.CCC(C)(C)c1ccc(OCCc2cc(COC(C)C)c(O)c(COC(C)C)c2)cc1.CCC(C)c1ccc(OCCC(=O)Oc2c(COC(C)(C)C)cccc2COC(C)(C)C)cc1.CCC(C)c1ccc(OCc2cc(COC)cc(COC)c2O)cc1.CCC(C)c1ccc(OCc2ccc(COc3c(COC)cc(COC)c(OC)c3COC)cc2)cc1. The van der Waals surface area contributed by atoms with Crippen LogP contribution in [-0.2, 0) is 139 Å². The molecule has 3 unspecified atom stereocenters. The van der Waals surface area contributed by atoms with Gasteiger partial charge in [-0.25, -0.2) is 0 Å². The molecule has 0 spiro atoms. The molecular weight excluding hydrogens is 1700 g/mol. The van der Waals surface area contributed by atoms with Crippen molar-refractivity contribution in [3.8, 4) is 51.7 Å². The Balaban J connectivity index is -0.00000170. The first-order chi connectivity index (χ1) is 60.6. The number of hydrogen-bond donors (Lipinski definition) is 2. The molecule has 0 aromatic heterocycles. The molecule has 9 aromatic rings. The van der Waals surface area contributed by atoms with Crippen LogP contribution in [-0.4, -0.2) is 95.5 Å². The van der Waals surface area contributed by atoms with Gasteiger partial charge in [0.1, 0.15) is 71.6 Å². The molecule has 0 aliphatic heterocycles. The highest BCUT2D eigenvalue weighted by atomic mass is 16.6. The lowest BCUT2D eigenvalue weighted by atomic mass is 9.82. The summed E-state index contributed by atoms with van der Waals surface area (Å²) in [5, 5.41) is 21.1. The molecule has 0 radical (unpaired) electrons. The Morgan fingerprint density at radius 2 is 0.689 bits per heavy atom. The number of aromatic hydroxyl groups is 2. The van der Waals surface area contributed by atoms with Crippen molar-refractivity contribution in [2.45, 2.75) is 355 Å². The number of para-hydroxylation sites is 1. The third-order valence-electron chi connectivity index (χ3n) is 21.8. The zero-order valence-corrected chi connectivity index (χ0v) is 81.0. The summed E-state index contributed by atoms with van der Waals surface area (Å²) in [6.07, 6.45) is 5.52. The molecule has 9 rings (SSSR count). The van der Waals surface area contributed by atoms with E-state index in [1.54, 1.807) is 42.7 Å². The molecule has 0 amide bonds. The van der Waals surface area contributed by atoms with Gasteiger partial charge in [-0.3, -0.25) is 4.79 Å². The Labute approximate surface area is 819 Å². The number of benzene rings is 9. The number of ether oxygens (including phenoxy) is 16. The molecule has 0 bridgehead atoms. The second kappa shape index (κ2) is 66.9. The topological polar surface area (TPSA) is 205 Å². The van der Waals surface area contributed by atoms with Gasteiger partial charge in [0, 0.05) is 86.5 Å². The number of phenols is 2. The van der Waals surface area contributed by atoms with Crippen LogP contribution in [0.2, 0.25) is 0 Å². The van der Waals surface area contributed by atoms with Crippen LogP contribution in [0.1, 0.15) is 335 Å². The van der Waals surface area contributed by atoms with Gasteiger partial charge >= 0.3 is 5.97 Å². The quantitative estimate of drug-likeness (QED) is 0.0269. The highest BCUT2D eigenvalue weighted by Gasteiger charge is 2.25. The predicted molar refractivity (Wildman–Crippen MR) is 562 cm³/mol. The number of hydrogen-bond acceptors (Lipinski definition) is 19. The number of rotatable bonds is 47. The molecule has 0 heterocycles. The van der Waals surface area contributed by atoms with Gasteiger partial charge in [0.25, 0.3) is 0 Å². The van der Waals surface area contributed by atoms with Gasteiger partial charge in [0.15, 0.2) is 0 Å². The van der Waals surface area contributed by atoms with E-state index in [1.807, 2.05) is 166 Å². The summed E-state index contributed by atoms with van der Waals surface area (Å²) in [7, 11) is 9.89. The van der Waals surface area contributed by atoms with E-state index in [4.69, 9.17) is 75.8 Å². The fourth-order valence-electron chi connectivity index (χ4n) is 13.3. The van der Waals surface area contributed by atoms with Crippen LogP contribution in [0.5, 0.6) is 51.7 Å². The van der Waals surface area contributed by atoms with Crippen LogP contribution >= 0.6 is 0 Å². The van der Waals surface area contributed by atoms with E-state index >= 15 is 0 Å². The molecular formula is C116H182O19. The first kappa shape index (κ1) is 130. The Morgan fingerprint density at radius 1 is 0.333 bits per heavy atom. The first-order valence-electron chi connectivity index (χ1n) is 44.9. The summed E-state index contributed by atoms with van der Waals surface area (Å²) in [4.78, 5) is 12.7. The van der Waals surface area contributed by atoms with Crippen LogP contribution < -0.4 is 33.2 Å². The second-order valence-electron chi connectivity index (χ2n) is 35.4. The summed E-state index contributed by atoms with van der Waals surface area (Å²) in [5.41, 5.74) is 16.4. The maximum Gasteiger partial charge on any atom is 0.314 e. The van der Waals surface area contributed by atoms with Crippen LogP contribution in [0.25, 0.3) is 0 Å². The molecule has 760 valence electrons. The van der Waals surface area contributed by atoms with Crippen molar-refractivity contribution in [2.24, 2.45) is 0 Å². The van der Waals surface area contributed by atoms with E-state index in [2.05, 4.69) is 135 Å². The van der Waals surface area contributed by atoms with Crippen molar-refractivity contribution in [1.82, 2.24) is 0 Å². The standard InChI is InChI=1S/C31H40O6.C29H42O5.C27H40O4.C21H28O4.8CH4/c1-7-22(2)25-12-14-28(15-13-25)36-17-23-8-10-24(11-9-23)18-37-31-27(20-33-4)16-26(19-32-3)30(35-6)29(31)21-34-5;1-9-21(2)22-13-15-25(16-14-22)31-18-17-26(30)34-27-23(19-32-28(3,4)5)11-10-12-24(27)20-33-29(6,7)8;1-8-27(6,7)24-9-11-25(12-10-24)29-14-13-21-15-22(17-30-19(2)3)26(28)23(16-21)18-31-20(4)5;1-5-15(2)17-6-8-20(9-7-17)25-14-19-11-16(12-23-3)10-18(13-24-4)21(19)22;;;;;;;;/h8-16,22H,7,17-21H2,1-6H3;10-16,21H,9,17-20H2,1-8H3;9-12,15-16,19-20,28H,8,13-14,17-18H2,1-7H3;6-11,15,22H,5,12-14H2,1-4H3;8*1H4. The molecule has 9 aromatic carbocycles. The Hall–Kier alpha value is -9.51. The van der Waals surface area contributed by atoms with Crippen molar-refractivity contribution in [3.05, 3.63) is 264 Å². The van der Waals surface area contributed by atoms with E-state index in [0.717, 1.165) is 127 Å². The fourth-order valence-corrected chi connectivity index (χ4v) is 13.3. The number of methoxy groups -OCH3 is 6. The van der Waals surface area contributed by atoms with Crippen molar-refractivity contribution < 1.29 is 90.8 Å². The summed E-state index contributed by atoms with van der Waals surface area (Å²) < 4.78 is 91.5. The summed E-state index contributed by atoms with van der Waals surface area (Å²) in [6, 6.07) is 56.9. The summed E-state index contributed by atoms with van der Waals surface area (Å²) >= 11 is 0. The summed E-state index contributed by atoms with van der Waals surface area (Å²) in [6.45, 7) is 45.4. The second-order valence-corrected chi connectivity index (χ2v) is 35.4. The third kappa shape index (κ3) is 45.1. The molecule has 0 aliphatic carbocycles. The monoisotopic (exact) mass is 1880 g/mol. The average Bonchev–Trinajstić information content (AvgIpc) is 0.838. The fraction of sp³-hybridized carbons (Fsp3) is 0.526. The number of phenolic OH excluding ortho intramolecular Hbond substituents is 2. The average molecular weight is 1880 g/mol. The van der Waals surface area contributed by atoms with Gasteiger partial charge in [-0.05, 0) is 241 Å². The van der Waals surface area contributed by atoms with Gasteiger partial charge in [-0.2, -0.15) is 0 Å². The minimum absolute atomic E-state index is 0. The smallest absolute Gasteiger partial charge is 0.314 e. The minimum Gasteiger partial charge on any atom is -0.507 e. The van der Waals surface area contributed by atoms with E-state index in [1.165, 1.54) is 22.3 Å². The lowest BCUT2D eigenvalue weighted by molar-refractivity contribution is -0.135. The van der Waals surface area contributed by atoms with Crippen LogP contribution in [0.4, 0.5) is 0 Å². The highest BCUT2D eigenvalue weighted by molar-refractivity contribution is 5.73. The zero-order chi connectivity index (χ0) is 93.2. The molecule has 0 fully saturated rings. The molecule has 2 N–H and O–H groups in total. The van der Waals surface area contributed by atoms with Gasteiger partial charge in [0.2, 0.25) is 0 Å². The predicted octanol–water partition coefficient (Wildman–Crippen LogP) is 30.4. The van der Waals surface area contributed by atoms with E-state index < -0.39 is 0 Å². The third-order valence-corrected chi connectivity index (χ3v) is 21.8. The van der Waals surface area contributed by atoms with Crippen LogP contribution in [0.15, 0.2) is 170 Å². The van der Waals surface area contributed by atoms with Crippen LogP contribution in [0, 0.1) is 0 Å². The van der Waals surface area contributed by atoms with Gasteiger partial charge in [-0.1, -0.05) is 213 Å². The highest BCUT2D eigenvalue weighted by Crippen LogP contribution is 2.40. The Morgan fingerprint density at radius 3 is 1.07 bits per heavy atom. The number of carbonyl (C=O) groups is 1. The molecule has 0 saturated carbocycles. The Kier molecular flexibility index (Phi) is 64.2. The normalized spacial score (nSPS) is 11.5. The van der Waals surface area contributed by atoms with Crippen molar-refractivity contribution in [1.29, 1.82) is 0 Å². The van der Waals surface area contributed by atoms with Crippen molar-refractivity contribution in [3.63, 3.8) is 0 Å². The first-order valence-corrected chi connectivity index (χ1v) is 44.9. The largest absolute Gasteiger partial charge is 0.507 e. The minimum atomic E-state index is -0.351. The van der Waals surface area contributed by atoms with E-state index in [0.29, 0.717) is 121 Å². The van der Waals surface area contributed by atoms with Gasteiger partial charge in [0.05, 0.1) is 115 Å². The van der Waals surface area contributed by atoms with Gasteiger partial charge in [-0.15, -0.1) is 0 Å². The summed E-state index contributed by atoms with van der Waals surface area (Å²) in [5.74, 6) is 6.98. The Bertz CT molecular complexity index is 4570. The van der Waals surface area contributed by atoms with E-state index in [-0.39, 0.29) is 119 Å². The van der Waals surface area contributed by atoms with Gasteiger partial charge < -0.3 is 86.0 Å². The molecule has 135 heavy (non-hydrogen) atoms. The zero-order valence-electron chi connectivity index (χ0n) is 81.0. The van der Waals surface area contributed by atoms with Crippen LogP contribution in [0.3, 0.4) is 0 Å². The van der Waals surface area contributed by atoms with Crippen molar-refractivity contribution >= 4 is 5.97 Å². The maximum absolute atomic E-state index is 12.7.